The van der Waals surface area contributed by atoms with Gasteiger partial charge >= 0.3 is 5.97 Å². The number of nitrogens with zero attached hydrogens (tertiary/aromatic N) is 1. The first kappa shape index (κ1) is 13.2. The molecule has 6 heteroatoms. The first-order chi connectivity index (χ1) is 10.0. The zero-order valence-electron chi connectivity index (χ0n) is 11.0. The highest BCUT2D eigenvalue weighted by atomic mass is 16.4. The summed E-state index contributed by atoms with van der Waals surface area (Å²) in [4.78, 5) is 38.3. The van der Waals surface area contributed by atoms with E-state index in [1.807, 2.05) is 0 Å². The Kier molecular flexibility index (Phi) is 3.13. The van der Waals surface area contributed by atoms with Gasteiger partial charge in [-0.15, -0.1) is 0 Å². The quantitative estimate of drug-likeness (QED) is 0.814. The van der Waals surface area contributed by atoms with E-state index in [1.165, 1.54) is 6.07 Å². The number of imide groups is 1. The van der Waals surface area contributed by atoms with Crippen molar-refractivity contribution in [1.82, 2.24) is 10.3 Å². The van der Waals surface area contributed by atoms with E-state index in [1.54, 1.807) is 24.3 Å². The predicted octanol–water partition coefficient (Wildman–Crippen LogP) is 1.45. The number of amides is 2. The van der Waals surface area contributed by atoms with E-state index >= 15 is 0 Å². The first-order valence-electron chi connectivity index (χ1n) is 6.52. The molecule has 2 N–H and O–H groups in total. The SMILES string of the molecule is O=C1CCC(c2ccc3cc(C(=O)O)ccc3n2)C(=O)N1. The number of nitrogens with one attached hydrogen (secondary N) is 1. The van der Waals surface area contributed by atoms with Gasteiger partial charge in [0.25, 0.3) is 0 Å². The summed E-state index contributed by atoms with van der Waals surface area (Å²) < 4.78 is 0. The molecule has 1 fully saturated rings. The highest BCUT2D eigenvalue weighted by Gasteiger charge is 2.28. The van der Waals surface area contributed by atoms with E-state index in [-0.39, 0.29) is 17.4 Å². The van der Waals surface area contributed by atoms with Crippen molar-refractivity contribution in [2.75, 3.05) is 0 Å². The molecule has 0 radical (unpaired) electrons. The van der Waals surface area contributed by atoms with E-state index in [9.17, 15) is 14.4 Å². The molecule has 6 nitrogen and oxygen atoms in total. The fourth-order valence-corrected chi connectivity index (χ4v) is 2.44. The van der Waals surface area contributed by atoms with Gasteiger partial charge < -0.3 is 5.11 Å². The molecule has 1 aromatic carbocycles. The van der Waals surface area contributed by atoms with Crippen molar-refractivity contribution in [2.45, 2.75) is 18.8 Å². The fourth-order valence-electron chi connectivity index (χ4n) is 2.44. The zero-order valence-corrected chi connectivity index (χ0v) is 11.0. The Morgan fingerprint density at radius 2 is 2.05 bits per heavy atom. The molecule has 1 aliphatic rings. The number of carboxylic acids is 1. The van der Waals surface area contributed by atoms with Crippen molar-refractivity contribution >= 4 is 28.7 Å². The molecule has 1 aliphatic heterocycles. The van der Waals surface area contributed by atoms with E-state index in [2.05, 4.69) is 10.3 Å². The maximum atomic E-state index is 11.8. The number of fused-ring (bicyclic) bond motifs is 1. The average molecular weight is 284 g/mol. The predicted molar refractivity (Wildman–Crippen MR) is 73.8 cm³/mol. The van der Waals surface area contributed by atoms with Crippen LogP contribution in [0.1, 0.15) is 34.8 Å². The summed E-state index contributed by atoms with van der Waals surface area (Å²) in [6, 6.07) is 8.08. The molecule has 0 spiro atoms. The molecule has 1 saturated heterocycles. The number of piperidine rings is 1. The molecule has 0 bridgehead atoms. The van der Waals surface area contributed by atoms with Crippen molar-refractivity contribution in [3.8, 4) is 0 Å². The van der Waals surface area contributed by atoms with Gasteiger partial charge in [0, 0.05) is 11.8 Å². The second-order valence-electron chi connectivity index (χ2n) is 4.95. The molecule has 1 unspecified atom stereocenters. The van der Waals surface area contributed by atoms with Crippen LogP contribution in [-0.4, -0.2) is 27.9 Å². The normalized spacial score (nSPS) is 18.6. The van der Waals surface area contributed by atoms with Crippen LogP contribution in [-0.2, 0) is 9.59 Å². The molecule has 1 atom stereocenters. The number of carboxylic acid groups (broad SMARTS) is 1. The maximum Gasteiger partial charge on any atom is 0.335 e. The number of benzene rings is 1. The van der Waals surface area contributed by atoms with E-state index in [0.717, 1.165) is 0 Å². The van der Waals surface area contributed by atoms with Crippen LogP contribution in [0.25, 0.3) is 10.9 Å². The van der Waals surface area contributed by atoms with Gasteiger partial charge in [-0.05, 0) is 30.7 Å². The van der Waals surface area contributed by atoms with E-state index in [0.29, 0.717) is 29.4 Å². The molecule has 21 heavy (non-hydrogen) atoms. The number of hydrogen-bond donors (Lipinski definition) is 2. The molecular weight excluding hydrogens is 272 g/mol. The Bertz CT molecular complexity index is 769. The minimum atomic E-state index is -0.994. The molecular formula is C15H12N2O4. The Morgan fingerprint density at radius 3 is 2.76 bits per heavy atom. The lowest BCUT2D eigenvalue weighted by atomic mass is 9.94. The number of carbonyl (C=O) groups excluding carboxylic acids is 2. The Labute approximate surface area is 119 Å². The number of aromatic nitrogens is 1. The van der Waals surface area contributed by atoms with Crippen molar-refractivity contribution in [3.05, 3.63) is 41.6 Å². The molecule has 0 saturated carbocycles. The summed E-state index contributed by atoms with van der Waals surface area (Å²) in [5, 5.41) is 12.0. The summed E-state index contributed by atoms with van der Waals surface area (Å²) in [6.45, 7) is 0. The molecule has 0 aliphatic carbocycles. The number of carbonyl (C=O) groups is 3. The molecule has 3 rings (SSSR count). The van der Waals surface area contributed by atoms with Gasteiger partial charge in [-0.2, -0.15) is 0 Å². The summed E-state index contributed by atoms with van der Waals surface area (Å²) in [7, 11) is 0. The van der Waals surface area contributed by atoms with Crippen LogP contribution in [0.3, 0.4) is 0 Å². The van der Waals surface area contributed by atoms with Crippen LogP contribution in [0.5, 0.6) is 0 Å². The van der Waals surface area contributed by atoms with Crippen LogP contribution in [0.15, 0.2) is 30.3 Å². The molecule has 2 aromatic rings. The van der Waals surface area contributed by atoms with Crippen LogP contribution in [0, 0.1) is 0 Å². The van der Waals surface area contributed by atoms with Gasteiger partial charge in [-0.1, -0.05) is 6.07 Å². The second kappa shape index (κ2) is 4.97. The topological polar surface area (TPSA) is 96.4 Å². The Balaban J connectivity index is 1.98. The van der Waals surface area contributed by atoms with Gasteiger partial charge in [0.05, 0.1) is 22.7 Å². The summed E-state index contributed by atoms with van der Waals surface area (Å²) in [5.41, 5.74) is 1.41. The Morgan fingerprint density at radius 1 is 1.24 bits per heavy atom. The lowest BCUT2D eigenvalue weighted by Gasteiger charge is -2.20. The van der Waals surface area contributed by atoms with Crippen LogP contribution in [0.2, 0.25) is 0 Å². The molecule has 1 aromatic heterocycles. The lowest BCUT2D eigenvalue weighted by molar-refractivity contribution is -0.134. The van der Waals surface area contributed by atoms with Crippen LogP contribution in [0.4, 0.5) is 0 Å². The number of aromatic carboxylic acids is 1. The highest BCUT2D eigenvalue weighted by molar-refractivity contribution is 6.01. The van der Waals surface area contributed by atoms with Crippen molar-refractivity contribution in [2.24, 2.45) is 0 Å². The molecule has 2 amide bonds. The second-order valence-corrected chi connectivity index (χ2v) is 4.95. The van der Waals surface area contributed by atoms with Crippen molar-refractivity contribution in [3.63, 3.8) is 0 Å². The monoisotopic (exact) mass is 284 g/mol. The number of rotatable bonds is 2. The fraction of sp³-hybridized carbons (Fsp3) is 0.200. The zero-order chi connectivity index (χ0) is 15.0. The summed E-state index contributed by atoms with van der Waals surface area (Å²) in [5.74, 6) is -2.03. The largest absolute Gasteiger partial charge is 0.478 e. The van der Waals surface area contributed by atoms with Gasteiger partial charge in [-0.3, -0.25) is 19.9 Å². The molecule has 106 valence electrons. The Hall–Kier alpha value is -2.76. The summed E-state index contributed by atoms with van der Waals surface area (Å²) in [6.07, 6.45) is 0.741. The average Bonchev–Trinajstić information content (AvgIpc) is 2.46. The minimum absolute atomic E-state index is 0.193. The third-order valence-electron chi connectivity index (χ3n) is 3.55. The van der Waals surface area contributed by atoms with Crippen LogP contribution < -0.4 is 5.32 Å². The van der Waals surface area contributed by atoms with Gasteiger partial charge in [0.15, 0.2) is 0 Å². The van der Waals surface area contributed by atoms with Crippen molar-refractivity contribution < 1.29 is 19.5 Å². The molecule has 2 heterocycles. The lowest BCUT2D eigenvalue weighted by Crippen LogP contribution is -2.39. The number of pyridine rings is 1. The highest BCUT2D eigenvalue weighted by Crippen LogP contribution is 2.25. The minimum Gasteiger partial charge on any atom is -0.478 e. The van der Waals surface area contributed by atoms with Gasteiger partial charge in [0.1, 0.15) is 0 Å². The van der Waals surface area contributed by atoms with E-state index in [4.69, 9.17) is 5.11 Å². The smallest absolute Gasteiger partial charge is 0.335 e. The van der Waals surface area contributed by atoms with Crippen molar-refractivity contribution in [1.29, 1.82) is 0 Å². The standard InChI is InChI=1S/C15H12N2O4/c18-13-6-3-10(14(19)17-13)12-5-1-8-7-9(15(20)21)2-4-11(8)16-12/h1-2,4-5,7,10H,3,6H2,(H,20,21)(H,17,18,19). The summed E-state index contributed by atoms with van der Waals surface area (Å²) >= 11 is 0. The maximum absolute atomic E-state index is 11.8. The van der Waals surface area contributed by atoms with E-state index < -0.39 is 11.9 Å². The third-order valence-corrected chi connectivity index (χ3v) is 3.55. The van der Waals surface area contributed by atoms with Crippen LogP contribution >= 0.6 is 0 Å². The third kappa shape index (κ3) is 2.47. The van der Waals surface area contributed by atoms with Gasteiger partial charge in [-0.25, -0.2) is 4.79 Å². The van der Waals surface area contributed by atoms with Gasteiger partial charge in [0.2, 0.25) is 11.8 Å². The first-order valence-corrected chi connectivity index (χ1v) is 6.52. The number of hydrogen-bond acceptors (Lipinski definition) is 4.